The minimum absolute atomic E-state index is 0.108. The average molecular weight is 430 g/mol. The normalized spacial score (nSPS) is 11.9. The molecule has 0 unspecified atom stereocenters. The lowest BCUT2D eigenvalue weighted by Crippen LogP contribution is -2.22. The highest BCUT2D eigenvalue weighted by Gasteiger charge is 2.17. The molecule has 0 aliphatic carbocycles. The third-order valence-electron chi connectivity index (χ3n) is 4.45. The molecule has 1 aromatic carbocycles. The number of nitrogens with zero attached hydrogens (tertiary/aromatic N) is 4. The molecule has 0 fully saturated rings. The van der Waals surface area contributed by atoms with E-state index in [0.717, 1.165) is 5.69 Å². The van der Waals surface area contributed by atoms with Crippen LogP contribution in [0.25, 0.3) is 10.2 Å². The number of thiazole rings is 1. The van der Waals surface area contributed by atoms with Gasteiger partial charge in [0.05, 0.1) is 30.0 Å². The number of hydrogen-bond donors (Lipinski definition) is 0. The zero-order chi connectivity index (χ0) is 22.0. The fraction of sp³-hybridized carbons (Fsp3) is 0.350. The Morgan fingerprint density at radius 2 is 1.90 bits per heavy atom. The quantitative estimate of drug-likeness (QED) is 0.576. The molecule has 0 radical (unpaired) electrons. The molecule has 0 aliphatic heterocycles. The number of fused-ring (bicyclic) bond motifs is 1. The standard InChI is InChI=1S/C20H22N4O5S/c1-11(2)24-12(3)8-14(22-24)18(26)21-20-23(10-17(25)28-4)15-7-6-13(19(27)29-5)9-16(15)30-20/h6-9,11H,10H2,1-5H3. The molecule has 0 N–H and O–H groups in total. The first-order valence-electron chi connectivity index (χ1n) is 9.19. The molecule has 9 nitrogen and oxygen atoms in total. The van der Waals surface area contributed by atoms with Crippen LogP contribution >= 0.6 is 11.3 Å². The van der Waals surface area contributed by atoms with E-state index in [1.54, 1.807) is 33.5 Å². The predicted octanol–water partition coefficient (Wildman–Crippen LogP) is 2.49. The van der Waals surface area contributed by atoms with Gasteiger partial charge in [0.2, 0.25) is 0 Å². The molecule has 0 atom stereocenters. The molecule has 3 rings (SSSR count). The van der Waals surface area contributed by atoms with Crippen LogP contribution < -0.4 is 4.80 Å². The van der Waals surface area contributed by atoms with E-state index in [1.165, 1.54) is 25.6 Å². The van der Waals surface area contributed by atoms with E-state index in [1.807, 2.05) is 20.8 Å². The van der Waals surface area contributed by atoms with Crippen molar-refractivity contribution in [2.75, 3.05) is 14.2 Å². The van der Waals surface area contributed by atoms with Gasteiger partial charge in [0, 0.05) is 11.7 Å². The summed E-state index contributed by atoms with van der Waals surface area (Å²) in [6.07, 6.45) is 0. The molecule has 30 heavy (non-hydrogen) atoms. The molecule has 10 heteroatoms. The molecule has 0 spiro atoms. The molecule has 0 saturated heterocycles. The van der Waals surface area contributed by atoms with Crippen LogP contribution in [0.4, 0.5) is 0 Å². The Morgan fingerprint density at radius 1 is 1.17 bits per heavy atom. The van der Waals surface area contributed by atoms with Gasteiger partial charge < -0.3 is 14.0 Å². The largest absolute Gasteiger partial charge is 0.468 e. The van der Waals surface area contributed by atoms with Crippen LogP contribution in [0.2, 0.25) is 0 Å². The molecule has 1 amide bonds. The van der Waals surface area contributed by atoms with Crippen molar-refractivity contribution in [3.63, 3.8) is 0 Å². The summed E-state index contributed by atoms with van der Waals surface area (Å²) in [6.45, 7) is 5.69. The first-order valence-corrected chi connectivity index (χ1v) is 10.0. The lowest BCUT2D eigenvalue weighted by molar-refractivity contribution is -0.141. The minimum atomic E-state index is -0.518. The van der Waals surface area contributed by atoms with Crippen LogP contribution in [-0.2, 0) is 20.8 Å². The monoisotopic (exact) mass is 430 g/mol. The number of benzene rings is 1. The summed E-state index contributed by atoms with van der Waals surface area (Å²) in [4.78, 5) is 41.0. The van der Waals surface area contributed by atoms with Gasteiger partial charge in [-0.3, -0.25) is 14.3 Å². The van der Waals surface area contributed by atoms with Crippen LogP contribution in [0, 0.1) is 6.92 Å². The molecule has 0 saturated carbocycles. The van der Waals surface area contributed by atoms with Gasteiger partial charge in [-0.1, -0.05) is 11.3 Å². The number of ether oxygens (including phenoxy) is 2. The first-order chi connectivity index (χ1) is 14.2. The lowest BCUT2D eigenvalue weighted by atomic mass is 10.2. The number of aromatic nitrogens is 3. The van der Waals surface area contributed by atoms with E-state index in [4.69, 9.17) is 9.47 Å². The molecule has 2 heterocycles. The van der Waals surface area contributed by atoms with Crippen LogP contribution in [0.3, 0.4) is 0 Å². The fourth-order valence-corrected chi connectivity index (χ4v) is 4.08. The van der Waals surface area contributed by atoms with E-state index < -0.39 is 17.8 Å². The van der Waals surface area contributed by atoms with Crippen molar-refractivity contribution in [2.24, 2.45) is 4.99 Å². The molecular weight excluding hydrogens is 408 g/mol. The second-order valence-corrected chi connectivity index (χ2v) is 7.86. The number of aryl methyl sites for hydroxylation is 1. The summed E-state index contributed by atoms with van der Waals surface area (Å²) in [5.41, 5.74) is 2.08. The second-order valence-electron chi connectivity index (χ2n) is 6.85. The fourth-order valence-electron chi connectivity index (χ4n) is 3.01. The van der Waals surface area contributed by atoms with Gasteiger partial charge in [0.25, 0.3) is 5.91 Å². The maximum atomic E-state index is 12.8. The van der Waals surface area contributed by atoms with E-state index in [-0.39, 0.29) is 18.3 Å². The van der Waals surface area contributed by atoms with Crippen molar-refractivity contribution in [2.45, 2.75) is 33.4 Å². The number of esters is 2. The number of carbonyl (C=O) groups excluding carboxylic acids is 3. The molecule has 158 valence electrons. The third kappa shape index (κ3) is 4.18. The lowest BCUT2D eigenvalue weighted by Gasteiger charge is -2.06. The van der Waals surface area contributed by atoms with Gasteiger partial charge in [-0.2, -0.15) is 10.1 Å². The van der Waals surface area contributed by atoms with Crippen molar-refractivity contribution < 1.29 is 23.9 Å². The molecule has 3 aromatic rings. The van der Waals surface area contributed by atoms with Crippen LogP contribution in [-0.4, -0.2) is 46.4 Å². The van der Waals surface area contributed by atoms with E-state index >= 15 is 0 Å². The highest BCUT2D eigenvalue weighted by Crippen LogP contribution is 2.20. The average Bonchev–Trinajstić information content (AvgIpc) is 3.27. The van der Waals surface area contributed by atoms with Gasteiger partial charge in [-0.05, 0) is 45.0 Å². The van der Waals surface area contributed by atoms with Crippen LogP contribution in [0.1, 0.15) is 46.4 Å². The smallest absolute Gasteiger partial charge is 0.337 e. The summed E-state index contributed by atoms with van der Waals surface area (Å²) in [5, 5.41) is 4.33. The maximum Gasteiger partial charge on any atom is 0.337 e. The van der Waals surface area contributed by atoms with E-state index in [9.17, 15) is 14.4 Å². The van der Waals surface area contributed by atoms with Gasteiger partial charge in [0.1, 0.15) is 6.54 Å². The number of amides is 1. The van der Waals surface area contributed by atoms with E-state index in [2.05, 4.69) is 10.1 Å². The highest BCUT2D eigenvalue weighted by molar-refractivity contribution is 7.16. The Labute approximate surface area is 176 Å². The summed E-state index contributed by atoms with van der Waals surface area (Å²) >= 11 is 1.18. The number of methoxy groups -OCH3 is 2. The van der Waals surface area contributed by atoms with Crippen molar-refractivity contribution in [1.82, 2.24) is 14.3 Å². The Morgan fingerprint density at radius 3 is 2.50 bits per heavy atom. The highest BCUT2D eigenvalue weighted by atomic mass is 32.1. The summed E-state index contributed by atoms with van der Waals surface area (Å²) in [5.74, 6) is -1.48. The topological polar surface area (TPSA) is 105 Å². The minimum Gasteiger partial charge on any atom is -0.468 e. The van der Waals surface area contributed by atoms with Crippen molar-refractivity contribution in [3.05, 3.63) is 46.0 Å². The van der Waals surface area contributed by atoms with Gasteiger partial charge in [0.15, 0.2) is 10.5 Å². The van der Waals surface area contributed by atoms with Gasteiger partial charge in [-0.25, -0.2) is 4.79 Å². The number of hydrogen-bond acceptors (Lipinski definition) is 7. The Balaban J connectivity index is 2.13. The number of carbonyl (C=O) groups is 3. The van der Waals surface area contributed by atoms with Crippen molar-refractivity contribution in [1.29, 1.82) is 0 Å². The molecule has 2 aromatic heterocycles. The third-order valence-corrected chi connectivity index (χ3v) is 5.49. The first kappa shape index (κ1) is 21.4. The second kappa shape index (κ2) is 8.62. The number of rotatable bonds is 5. The van der Waals surface area contributed by atoms with Crippen molar-refractivity contribution >= 4 is 39.4 Å². The molecule has 0 bridgehead atoms. The van der Waals surface area contributed by atoms with Crippen LogP contribution in [0.15, 0.2) is 29.3 Å². The van der Waals surface area contributed by atoms with E-state index in [0.29, 0.717) is 20.6 Å². The Bertz CT molecular complexity index is 1200. The molecular formula is C20H22N4O5S. The van der Waals surface area contributed by atoms with Crippen LogP contribution in [0.5, 0.6) is 0 Å². The SMILES string of the molecule is COC(=O)Cn1c(=NC(=O)c2cc(C)n(C(C)C)n2)sc2cc(C(=O)OC)ccc21. The van der Waals surface area contributed by atoms with Gasteiger partial charge >= 0.3 is 11.9 Å². The Hall–Kier alpha value is -3.27. The predicted molar refractivity (Wildman–Crippen MR) is 110 cm³/mol. The summed E-state index contributed by atoms with van der Waals surface area (Å²) in [6, 6.07) is 6.70. The molecule has 0 aliphatic rings. The van der Waals surface area contributed by atoms with Gasteiger partial charge in [-0.15, -0.1) is 0 Å². The summed E-state index contributed by atoms with van der Waals surface area (Å²) < 4.78 is 13.5. The maximum absolute atomic E-state index is 12.8. The Kier molecular flexibility index (Phi) is 6.16. The zero-order valence-corrected chi connectivity index (χ0v) is 18.1. The zero-order valence-electron chi connectivity index (χ0n) is 17.3. The van der Waals surface area contributed by atoms with Crippen molar-refractivity contribution in [3.8, 4) is 0 Å². The summed E-state index contributed by atoms with van der Waals surface area (Å²) in [7, 11) is 2.59.